The van der Waals surface area contributed by atoms with Gasteiger partial charge in [-0.3, -0.25) is 4.79 Å². The van der Waals surface area contributed by atoms with Gasteiger partial charge in [-0.1, -0.05) is 0 Å². The van der Waals surface area contributed by atoms with Gasteiger partial charge in [0.2, 0.25) is 0 Å². The first kappa shape index (κ1) is 12.3. The van der Waals surface area contributed by atoms with E-state index in [0.29, 0.717) is 12.2 Å². The number of rotatable bonds is 2. The summed E-state index contributed by atoms with van der Waals surface area (Å²) in [5.41, 5.74) is 0.557. The van der Waals surface area contributed by atoms with E-state index in [1.807, 2.05) is 21.9 Å². The predicted molar refractivity (Wildman–Crippen MR) is 71.0 cm³/mol. The summed E-state index contributed by atoms with van der Waals surface area (Å²) in [6.45, 7) is 3.38. The normalized spacial score (nSPS) is 19.6. The zero-order valence-electron chi connectivity index (χ0n) is 10.7. The van der Waals surface area contributed by atoms with E-state index in [0.717, 1.165) is 24.4 Å². The molecule has 7 heteroatoms. The number of aryl methyl sites for hydroxylation is 1. The monoisotopic (exact) mass is 277 g/mol. The number of thiazole rings is 1. The van der Waals surface area contributed by atoms with Crippen molar-refractivity contribution in [3.8, 4) is 0 Å². The second kappa shape index (κ2) is 5.08. The molecule has 2 aromatic rings. The van der Waals surface area contributed by atoms with Gasteiger partial charge in [0.05, 0.1) is 11.0 Å². The summed E-state index contributed by atoms with van der Waals surface area (Å²) in [7, 11) is 0. The summed E-state index contributed by atoms with van der Waals surface area (Å²) >= 11 is 1.51. The molecule has 1 fully saturated rings. The highest BCUT2D eigenvalue weighted by atomic mass is 32.1. The van der Waals surface area contributed by atoms with Gasteiger partial charge in [-0.2, -0.15) is 5.10 Å². The molecule has 0 N–H and O–H groups in total. The van der Waals surface area contributed by atoms with Gasteiger partial charge in [0.25, 0.3) is 5.91 Å². The van der Waals surface area contributed by atoms with Crippen LogP contribution < -0.4 is 0 Å². The van der Waals surface area contributed by atoms with Crippen LogP contribution in [0.25, 0.3) is 0 Å². The van der Waals surface area contributed by atoms with Crippen LogP contribution in [0.15, 0.2) is 18.0 Å². The number of likely N-dealkylation sites (tertiary alicyclic amines) is 1. The molecule has 0 unspecified atom stereocenters. The van der Waals surface area contributed by atoms with Gasteiger partial charge < -0.3 is 4.90 Å². The molecular formula is C12H15N5OS. The molecule has 3 rings (SSSR count). The molecule has 0 saturated carbocycles. The Kier molecular flexibility index (Phi) is 3.29. The Morgan fingerprint density at radius 3 is 3.11 bits per heavy atom. The first-order valence-corrected chi connectivity index (χ1v) is 7.17. The van der Waals surface area contributed by atoms with Gasteiger partial charge in [-0.05, 0) is 19.8 Å². The molecule has 100 valence electrons. The fraction of sp³-hybridized carbons (Fsp3) is 0.500. The molecule has 1 aliphatic rings. The number of hydrogen-bond acceptors (Lipinski definition) is 5. The molecule has 1 aliphatic heterocycles. The first-order chi connectivity index (χ1) is 9.24. The van der Waals surface area contributed by atoms with Gasteiger partial charge in [0.1, 0.15) is 18.3 Å². The summed E-state index contributed by atoms with van der Waals surface area (Å²) in [5.74, 6) is 0.0224. The largest absolute Gasteiger partial charge is 0.335 e. The quantitative estimate of drug-likeness (QED) is 0.835. The number of hydrogen-bond donors (Lipinski definition) is 0. The van der Waals surface area contributed by atoms with E-state index in [1.54, 1.807) is 6.33 Å². The Bertz CT molecular complexity index is 564. The fourth-order valence-electron chi connectivity index (χ4n) is 2.38. The van der Waals surface area contributed by atoms with Crippen molar-refractivity contribution in [2.24, 2.45) is 0 Å². The third-order valence-corrected chi connectivity index (χ3v) is 4.11. The molecule has 0 bridgehead atoms. The van der Waals surface area contributed by atoms with E-state index >= 15 is 0 Å². The average molecular weight is 277 g/mol. The number of piperidine rings is 1. The van der Waals surface area contributed by atoms with Crippen molar-refractivity contribution in [1.29, 1.82) is 0 Å². The summed E-state index contributed by atoms with van der Waals surface area (Å²) < 4.78 is 1.84. The van der Waals surface area contributed by atoms with Crippen LogP contribution in [0.3, 0.4) is 0 Å². The smallest absolute Gasteiger partial charge is 0.273 e. The Morgan fingerprint density at radius 1 is 1.53 bits per heavy atom. The molecule has 0 aromatic carbocycles. The highest BCUT2D eigenvalue weighted by molar-refractivity contribution is 7.09. The van der Waals surface area contributed by atoms with E-state index in [-0.39, 0.29) is 11.9 Å². The van der Waals surface area contributed by atoms with Crippen LogP contribution in [-0.4, -0.2) is 43.6 Å². The van der Waals surface area contributed by atoms with E-state index in [9.17, 15) is 4.79 Å². The lowest BCUT2D eigenvalue weighted by atomic mass is 10.1. The lowest BCUT2D eigenvalue weighted by Gasteiger charge is -2.32. The second-order valence-electron chi connectivity index (χ2n) is 4.67. The molecule has 1 amide bonds. The minimum Gasteiger partial charge on any atom is -0.335 e. The van der Waals surface area contributed by atoms with Crippen LogP contribution in [0, 0.1) is 6.92 Å². The van der Waals surface area contributed by atoms with E-state index in [4.69, 9.17) is 0 Å². The standard InChI is InChI=1S/C12H15N5OS/c1-9-15-11(6-19-9)12(18)16-4-2-3-10(5-16)17-8-13-7-14-17/h6-8,10H,2-5H2,1H3/t10-/m0/s1. The zero-order chi connectivity index (χ0) is 13.2. The van der Waals surface area contributed by atoms with Gasteiger partial charge in [0, 0.05) is 18.5 Å². The molecule has 0 radical (unpaired) electrons. The van der Waals surface area contributed by atoms with Crippen molar-refractivity contribution in [1.82, 2.24) is 24.6 Å². The van der Waals surface area contributed by atoms with E-state index in [2.05, 4.69) is 15.1 Å². The third kappa shape index (κ3) is 2.51. The first-order valence-electron chi connectivity index (χ1n) is 6.29. The lowest BCUT2D eigenvalue weighted by molar-refractivity contribution is 0.0667. The maximum Gasteiger partial charge on any atom is 0.273 e. The molecule has 19 heavy (non-hydrogen) atoms. The van der Waals surface area contributed by atoms with E-state index < -0.39 is 0 Å². The van der Waals surface area contributed by atoms with Crippen LogP contribution in [0.2, 0.25) is 0 Å². The number of carbonyl (C=O) groups excluding carboxylic acids is 1. The van der Waals surface area contributed by atoms with Crippen molar-refractivity contribution in [2.75, 3.05) is 13.1 Å². The molecule has 6 nitrogen and oxygen atoms in total. The van der Waals surface area contributed by atoms with Crippen LogP contribution in [0.1, 0.15) is 34.4 Å². The fourth-order valence-corrected chi connectivity index (χ4v) is 2.97. The predicted octanol–water partition coefficient (Wildman–Crippen LogP) is 1.52. The van der Waals surface area contributed by atoms with Gasteiger partial charge in [-0.25, -0.2) is 14.6 Å². The molecule has 2 aromatic heterocycles. The summed E-state index contributed by atoms with van der Waals surface area (Å²) in [4.78, 5) is 22.5. The topological polar surface area (TPSA) is 63.9 Å². The van der Waals surface area contributed by atoms with Gasteiger partial charge >= 0.3 is 0 Å². The van der Waals surface area contributed by atoms with Crippen molar-refractivity contribution >= 4 is 17.2 Å². The highest BCUT2D eigenvalue weighted by Gasteiger charge is 2.26. The Hall–Kier alpha value is -1.76. The molecule has 0 aliphatic carbocycles. The average Bonchev–Trinajstić information content (AvgIpc) is 3.09. The molecular weight excluding hydrogens is 262 g/mol. The summed E-state index contributed by atoms with van der Waals surface area (Å²) in [5, 5.41) is 6.92. The molecule has 1 atom stereocenters. The van der Waals surface area contributed by atoms with Crippen molar-refractivity contribution in [3.63, 3.8) is 0 Å². The number of carbonyl (C=O) groups is 1. The van der Waals surface area contributed by atoms with Crippen LogP contribution in [0.4, 0.5) is 0 Å². The van der Waals surface area contributed by atoms with Crippen molar-refractivity contribution < 1.29 is 4.79 Å². The SMILES string of the molecule is Cc1nc(C(=O)N2CCC[C@H](n3cncn3)C2)cs1. The van der Waals surface area contributed by atoms with Crippen molar-refractivity contribution in [2.45, 2.75) is 25.8 Å². The van der Waals surface area contributed by atoms with Gasteiger partial charge in [0.15, 0.2) is 0 Å². The maximum absolute atomic E-state index is 12.4. The Labute approximate surface area is 115 Å². The number of amides is 1. The summed E-state index contributed by atoms with van der Waals surface area (Å²) in [6.07, 6.45) is 5.26. The second-order valence-corrected chi connectivity index (χ2v) is 5.74. The third-order valence-electron chi connectivity index (χ3n) is 3.33. The molecule has 0 spiro atoms. The van der Waals surface area contributed by atoms with Crippen molar-refractivity contribution in [3.05, 3.63) is 28.7 Å². The maximum atomic E-state index is 12.4. The van der Waals surface area contributed by atoms with Crippen LogP contribution >= 0.6 is 11.3 Å². The number of nitrogens with zero attached hydrogens (tertiary/aromatic N) is 5. The van der Waals surface area contributed by atoms with Crippen LogP contribution in [-0.2, 0) is 0 Å². The van der Waals surface area contributed by atoms with Crippen LogP contribution in [0.5, 0.6) is 0 Å². The number of aromatic nitrogens is 4. The van der Waals surface area contributed by atoms with E-state index in [1.165, 1.54) is 17.7 Å². The molecule has 1 saturated heterocycles. The minimum atomic E-state index is 0.0224. The highest BCUT2D eigenvalue weighted by Crippen LogP contribution is 2.22. The lowest BCUT2D eigenvalue weighted by Crippen LogP contribution is -2.41. The minimum absolute atomic E-state index is 0.0224. The molecule has 3 heterocycles. The summed E-state index contributed by atoms with van der Waals surface area (Å²) in [6, 6.07) is 0.222. The Morgan fingerprint density at radius 2 is 2.42 bits per heavy atom. The Balaban J connectivity index is 1.73. The zero-order valence-corrected chi connectivity index (χ0v) is 11.5. The van der Waals surface area contributed by atoms with Gasteiger partial charge in [-0.15, -0.1) is 11.3 Å².